The van der Waals surface area contributed by atoms with Crippen LogP contribution in [-0.2, 0) is 22.4 Å². The second-order valence-electron chi connectivity index (χ2n) is 7.53. The quantitative estimate of drug-likeness (QED) is 0.531. The van der Waals surface area contributed by atoms with Crippen LogP contribution in [0.2, 0.25) is 0 Å². The van der Waals surface area contributed by atoms with E-state index in [4.69, 9.17) is 4.74 Å². The number of ether oxygens (including phenoxy) is 1. The zero-order valence-corrected chi connectivity index (χ0v) is 17.8. The van der Waals surface area contributed by atoms with Crippen molar-refractivity contribution in [2.75, 3.05) is 12.4 Å². The van der Waals surface area contributed by atoms with Gasteiger partial charge in [0.05, 0.1) is 12.7 Å². The summed E-state index contributed by atoms with van der Waals surface area (Å²) in [6.07, 6.45) is 4.30. The van der Waals surface area contributed by atoms with Crippen LogP contribution in [0.5, 0.6) is 0 Å². The normalized spacial score (nSPS) is 13.0. The number of carbonyl (C=O) groups is 2. The number of carbonyl (C=O) groups excluding carboxylic acids is 2. The monoisotopic (exact) mass is 419 g/mol. The molecule has 4 rings (SSSR count). The van der Waals surface area contributed by atoms with Gasteiger partial charge in [0.2, 0.25) is 5.91 Å². The highest BCUT2D eigenvalue weighted by atomic mass is 32.1. The summed E-state index contributed by atoms with van der Waals surface area (Å²) in [5, 5.41) is 3.66. The third-order valence-electron chi connectivity index (χ3n) is 5.61. The van der Waals surface area contributed by atoms with E-state index in [0.29, 0.717) is 17.0 Å². The van der Waals surface area contributed by atoms with E-state index in [2.05, 4.69) is 29.6 Å². The molecule has 0 fully saturated rings. The van der Waals surface area contributed by atoms with Crippen molar-refractivity contribution in [3.8, 4) is 0 Å². The third kappa shape index (κ3) is 4.31. The van der Waals surface area contributed by atoms with Gasteiger partial charge < -0.3 is 10.1 Å². The molecular formula is C25H25NO3S. The lowest BCUT2D eigenvalue weighted by Gasteiger charge is -2.18. The molecule has 0 saturated carbocycles. The Bertz CT molecular complexity index is 988. The van der Waals surface area contributed by atoms with E-state index in [0.717, 1.165) is 42.4 Å². The molecule has 0 bridgehead atoms. The van der Waals surface area contributed by atoms with Gasteiger partial charge in [-0.05, 0) is 42.4 Å². The summed E-state index contributed by atoms with van der Waals surface area (Å²) in [5.74, 6) is -0.521. The molecule has 1 amide bonds. The van der Waals surface area contributed by atoms with Crippen molar-refractivity contribution >= 4 is 28.2 Å². The average molecular weight is 420 g/mol. The summed E-state index contributed by atoms with van der Waals surface area (Å²) in [7, 11) is 1.39. The second kappa shape index (κ2) is 9.26. The number of rotatable bonds is 6. The van der Waals surface area contributed by atoms with Gasteiger partial charge in [0.1, 0.15) is 5.00 Å². The Morgan fingerprint density at radius 1 is 0.967 bits per heavy atom. The molecule has 1 N–H and O–H groups in total. The fourth-order valence-electron chi connectivity index (χ4n) is 4.13. The molecule has 4 nitrogen and oxygen atoms in total. The molecule has 0 saturated heterocycles. The maximum absolute atomic E-state index is 13.1. The summed E-state index contributed by atoms with van der Waals surface area (Å²) in [4.78, 5) is 26.7. The zero-order chi connectivity index (χ0) is 20.9. The van der Waals surface area contributed by atoms with Gasteiger partial charge >= 0.3 is 5.97 Å². The molecule has 1 aliphatic rings. The largest absolute Gasteiger partial charge is 0.465 e. The molecule has 0 aliphatic heterocycles. The predicted octanol–water partition coefficient (Wildman–Crippen LogP) is 5.57. The highest BCUT2D eigenvalue weighted by Gasteiger charge is 2.27. The lowest BCUT2D eigenvalue weighted by molar-refractivity contribution is -0.116. The minimum absolute atomic E-state index is 0.0523. The molecule has 0 spiro atoms. The number of anilines is 1. The molecule has 5 heteroatoms. The van der Waals surface area contributed by atoms with Crippen LogP contribution in [0.3, 0.4) is 0 Å². The number of benzene rings is 2. The maximum Gasteiger partial charge on any atom is 0.341 e. The Morgan fingerprint density at radius 2 is 1.57 bits per heavy atom. The zero-order valence-electron chi connectivity index (χ0n) is 17.0. The SMILES string of the molecule is COC(=O)c1c(NC(=O)CC(c2ccccc2)c2ccccc2)sc2c1CCCC2. The number of methoxy groups -OCH3 is 1. The van der Waals surface area contributed by atoms with Crippen LogP contribution in [0, 0.1) is 0 Å². The first-order valence-electron chi connectivity index (χ1n) is 10.3. The van der Waals surface area contributed by atoms with E-state index in [1.165, 1.54) is 23.3 Å². The van der Waals surface area contributed by atoms with Crippen LogP contribution in [0.4, 0.5) is 5.00 Å². The Kier molecular flexibility index (Phi) is 6.29. The lowest BCUT2D eigenvalue weighted by Crippen LogP contribution is -2.18. The van der Waals surface area contributed by atoms with Crippen molar-refractivity contribution in [3.05, 3.63) is 87.8 Å². The summed E-state index contributed by atoms with van der Waals surface area (Å²) >= 11 is 1.52. The van der Waals surface area contributed by atoms with Crippen LogP contribution in [-0.4, -0.2) is 19.0 Å². The fraction of sp³-hybridized carbons (Fsp3) is 0.280. The van der Waals surface area contributed by atoms with Crippen molar-refractivity contribution < 1.29 is 14.3 Å². The molecule has 2 aromatic carbocycles. The minimum Gasteiger partial charge on any atom is -0.465 e. The Balaban J connectivity index is 1.60. The smallest absolute Gasteiger partial charge is 0.341 e. The van der Waals surface area contributed by atoms with E-state index in [1.807, 2.05) is 36.4 Å². The van der Waals surface area contributed by atoms with Gasteiger partial charge in [0.25, 0.3) is 0 Å². The fourth-order valence-corrected chi connectivity index (χ4v) is 5.43. The van der Waals surface area contributed by atoms with Crippen molar-refractivity contribution in [2.24, 2.45) is 0 Å². The van der Waals surface area contributed by atoms with Gasteiger partial charge in [-0.15, -0.1) is 11.3 Å². The molecule has 1 heterocycles. The van der Waals surface area contributed by atoms with E-state index in [9.17, 15) is 9.59 Å². The molecule has 1 aliphatic carbocycles. The summed E-state index contributed by atoms with van der Waals surface area (Å²) in [5.41, 5.74) is 3.78. The molecule has 3 aromatic rings. The predicted molar refractivity (Wildman–Crippen MR) is 120 cm³/mol. The number of hydrogen-bond acceptors (Lipinski definition) is 4. The second-order valence-corrected chi connectivity index (χ2v) is 8.64. The summed E-state index contributed by atoms with van der Waals surface area (Å²) < 4.78 is 5.02. The number of esters is 1. The van der Waals surface area contributed by atoms with Crippen LogP contribution < -0.4 is 5.32 Å². The Hall–Kier alpha value is -2.92. The number of thiophene rings is 1. The molecule has 1 aromatic heterocycles. The van der Waals surface area contributed by atoms with Crippen molar-refractivity contribution in [1.82, 2.24) is 0 Å². The van der Waals surface area contributed by atoms with Crippen molar-refractivity contribution in [3.63, 3.8) is 0 Å². The van der Waals surface area contributed by atoms with Gasteiger partial charge in [-0.1, -0.05) is 60.7 Å². The number of fused-ring (bicyclic) bond motifs is 1. The van der Waals surface area contributed by atoms with Crippen molar-refractivity contribution in [2.45, 2.75) is 38.0 Å². The number of amides is 1. The summed E-state index contributed by atoms with van der Waals surface area (Å²) in [6, 6.07) is 20.1. The van der Waals surface area contributed by atoms with Gasteiger partial charge in [-0.2, -0.15) is 0 Å². The number of hydrogen-bond donors (Lipinski definition) is 1. The average Bonchev–Trinajstić information content (AvgIpc) is 3.15. The van der Waals surface area contributed by atoms with Gasteiger partial charge in [-0.25, -0.2) is 4.79 Å². The maximum atomic E-state index is 13.1. The summed E-state index contributed by atoms with van der Waals surface area (Å²) in [6.45, 7) is 0. The first-order valence-corrected chi connectivity index (χ1v) is 11.1. The van der Waals surface area contributed by atoms with Gasteiger partial charge in [-0.3, -0.25) is 4.79 Å². The van der Waals surface area contributed by atoms with Crippen LogP contribution in [0.25, 0.3) is 0 Å². The van der Waals surface area contributed by atoms with Crippen LogP contribution in [0.1, 0.15) is 57.1 Å². The van der Waals surface area contributed by atoms with Gasteiger partial charge in [0, 0.05) is 17.2 Å². The van der Waals surface area contributed by atoms with E-state index < -0.39 is 0 Å². The highest BCUT2D eigenvalue weighted by Crippen LogP contribution is 2.39. The molecule has 0 atom stereocenters. The number of nitrogens with one attached hydrogen (secondary N) is 1. The Labute approximate surface area is 180 Å². The first kappa shape index (κ1) is 20.4. The highest BCUT2D eigenvalue weighted by molar-refractivity contribution is 7.17. The Morgan fingerprint density at radius 3 is 2.17 bits per heavy atom. The lowest BCUT2D eigenvalue weighted by atomic mass is 9.88. The number of aryl methyl sites for hydroxylation is 1. The topological polar surface area (TPSA) is 55.4 Å². The van der Waals surface area contributed by atoms with Crippen molar-refractivity contribution in [1.29, 1.82) is 0 Å². The molecule has 0 radical (unpaired) electrons. The molecular weight excluding hydrogens is 394 g/mol. The molecule has 154 valence electrons. The van der Waals surface area contributed by atoms with Crippen LogP contribution in [0.15, 0.2) is 60.7 Å². The first-order chi connectivity index (χ1) is 14.7. The third-order valence-corrected chi connectivity index (χ3v) is 6.81. The van der Waals surface area contributed by atoms with Gasteiger partial charge in [0.15, 0.2) is 0 Å². The van der Waals surface area contributed by atoms with E-state index >= 15 is 0 Å². The molecule has 30 heavy (non-hydrogen) atoms. The van der Waals surface area contributed by atoms with E-state index in [1.54, 1.807) is 0 Å². The van der Waals surface area contributed by atoms with Crippen LogP contribution >= 0.6 is 11.3 Å². The van der Waals surface area contributed by atoms with E-state index in [-0.39, 0.29) is 17.8 Å². The minimum atomic E-state index is -0.368. The molecule has 0 unspecified atom stereocenters. The standard InChI is InChI=1S/C25H25NO3S/c1-29-25(28)23-19-14-8-9-15-21(19)30-24(23)26-22(27)16-20(17-10-4-2-5-11-17)18-12-6-3-7-13-18/h2-7,10-13,20H,8-9,14-16H2,1H3,(H,26,27).